The van der Waals surface area contributed by atoms with E-state index in [4.69, 9.17) is 11.6 Å². The first-order valence-electron chi connectivity index (χ1n) is 7.03. The number of carbonyl (C=O) groups excluding carboxylic acids is 1. The summed E-state index contributed by atoms with van der Waals surface area (Å²) < 4.78 is 1.86. The summed E-state index contributed by atoms with van der Waals surface area (Å²) in [5.41, 5.74) is 1.75. The molecule has 0 atom stereocenters. The number of hydrogen-bond acceptors (Lipinski definition) is 3. The van der Waals surface area contributed by atoms with Crippen molar-refractivity contribution in [3.8, 4) is 0 Å². The van der Waals surface area contributed by atoms with Gasteiger partial charge in [-0.25, -0.2) is 0 Å². The Kier molecular flexibility index (Phi) is 4.34. The van der Waals surface area contributed by atoms with Crippen LogP contribution in [0.25, 0.3) is 5.65 Å². The topological polar surface area (TPSA) is 59.3 Å². The van der Waals surface area contributed by atoms with Crippen molar-refractivity contribution in [2.75, 3.05) is 0 Å². The Bertz CT molecular complexity index is 799. The normalized spacial score (nSPS) is 10.8. The van der Waals surface area contributed by atoms with Gasteiger partial charge in [0.1, 0.15) is 0 Å². The highest BCUT2D eigenvalue weighted by Gasteiger charge is 2.08. The number of fused-ring (bicyclic) bond motifs is 1. The lowest BCUT2D eigenvalue weighted by molar-refractivity contribution is -0.121. The molecule has 1 amide bonds. The Morgan fingerprint density at radius 1 is 1.14 bits per heavy atom. The number of halogens is 1. The van der Waals surface area contributed by atoms with E-state index in [9.17, 15) is 4.79 Å². The fourth-order valence-corrected chi connectivity index (χ4v) is 2.46. The molecule has 1 N–H and O–H groups in total. The smallest absolute Gasteiger partial charge is 0.220 e. The summed E-state index contributed by atoms with van der Waals surface area (Å²) in [5, 5.41) is 11.7. The molecule has 0 fully saturated rings. The number of aromatic nitrogens is 3. The van der Waals surface area contributed by atoms with Crippen LogP contribution in [0.5, 0.6) is 0 Å². The fourth-order valence-electron chi connectivity index (χ4n) is 2.23. The van der Waals surface area contributed by atoms with Gasteiger partial charge in [0.2, 0.25) is 5.91 Å². The summed E-state index contributed by atoms with van der Waals surface area (Å²) in [7, 11) is 0. The number of nitrogens with one attached hydrogen (secondary N) is 1. The van der Waals surface area contributed by atoms with E-state index in [-0.39, 0.29) is 5.91 Å². The second-order valence-corrected chi connectivity index (χ2v) is 5.32. The molecule has 0 radical (unpaired) electrons. The zero-order chi connectivity index (χ0) is 15.4. The number of hydrogen-bond donors (Lipinski definition) is 1. The molecule has 0 unspecified atom stereocenters. The molecule has 0 spiro atoms. The number of nitrogens with zero attached hydrogens (tertiary/aromatic N) is 3. The van der Waals surface area contributed by atoms with Crippen molar-refractivity contribution in [3.05, 3.63) is 65.1 Å². The van der Waals surface area contributed by atoms with Gasteiger partial charge in [-0.1, -0.05) is 35.9 Å². The molecule has 0 aliphatic heterocycles. The molecule has 0 aliphatic carbocycles. The molecular formula is C16H15ClN4O. The highest BCUT2D eigenvalue weighted by Crippen LogP contribution is 2.16. The summed E-state index contributed by atoms with van der Waals surface area (Å²) in [6.45, 7) is 0.354. The molecule has 22 heavy (non-hydrogen) atoms. The number of rotatable bonds is 5. The van der Waals surface area contributed by atoms with E-state index in [0.717, 1.165) is 11.2 Å². The first-order chi connectivity index (χ1) is 10.7. The van der Waals surface area contributed by atoms with Crippen molar-refractivity contribution < 1.29 is 4.79 Å². The van der Waals surface area contributed by atoms with Crippen LogP contribution in [0, 0.1) is 0 Å². The molecular weight excluding hydrogens is 300 g/mol. The predicted octanol–water partition coefficient (Wildman–Crippen LogP) is 2.63. The van der Waals surface area contributed by atoms with Gasteiger partial charge < -0.3 is 5.32 Å². The Balaban J connectivity index is 1.55. The van der Waals surface area contributed by atoms with Gasteiger partial charge in [0.15, 0.2) is 11.5 Å². The molecule has 0 bridgehead atoms. The SMILES string of the molecule is O=C(CCc1ccccc1Cl)NCc1nnc2ccccn12. The summed E-state index contributed by atoms with van der Waals surface area (Å²) in [6.07, 6.45) is 2.88. The maximum absolute atomic E-state index is 11.9. The minimum Gasteiger partial charge on any atom is -0.349 e. The maximum atomic E-state index is 11.9. The number of pyridine rings is 1. The minimum absolute atomic E-state index is 0.0346. The van der Waals surface area contributed by atoms with Gasteiger partial charge in [-0.2, -0.15) is 0 Å². The van der Waals surface area contributed by atoms with Crippen LogP contribution in [0.1, 0.15) is 17.8 Å². The Morgan fingerprint density at radius 3 is 2.82 bits per heavy atom. The van der Waals surface area contributed by atoms with Gasteiger partial charge in [-0.05, 0) is 30.2 Å². The average Bonchev–Trinajstić information content (AvgIpc) is 2.95. The third kappa shape index (κ3) is 3.26. The zero-order valence-electron chi connectivity index (χ0n) is 11.9. The molecule has 2 aromatic heterocycles. The fraction of sp³-hybridized carbons (Fsp3) is 0.188. The van der Waals surface area contributed by atoms with Crippen LogP contribution in [-0.4, -0.2) is 20.5 Å². The van der Waals surface area contributed by atoms with Crippen LogP contribution < -0.4 is 5.32 Å². The lowest BCUT2D eigenvalue weighted by atomic mass is 10.1. The van der Waals surface area contributed by atoms with Crippen LogP contribution in [0.3, 0.4) is 0 Å². The molecule has 0 saturated heterocycles. The molecule has 3 aromatic rings. The van der Waals surface area contributed by atoms with Crippen molar-refractivity contribution in [2.45, 2.75) is 19.4 Å². The summed E-state index contributed by atoms with van der Waals surface area (Å²) in [5.74, 6) is 0.675. The van der Waals surface area contributed by atoms with Gasteiger partial charge in [0, 0.05) is 17.6 Å². The van der Waals surface area contributed by atoms with Crippen LogP contribution in [0.2, 0.25) is 5.02 Å². The minimum atomic E-state index is -0.0346. The lowest BCUT2D eigenvalue weighted by Crippen LogP contribution is -2.24. The molecule has 0 aliphatic rings. The number of carbonyl (C=O) groups is 1. The lowest BCUT2D eigenvalue weighted by Gasteiger charge is -2.05. The summed E-state index contributed by atoms with van der Waals surface area (Å²) in [4.78, 5) is 11.9. The van der Waals surface area contributed by atoms with Crippen LogP contribution in [-0.2, 0) is 17.8 Å². The summed E-state index contributed by atoms with van der Waals surface area (Å²) >= 11 is 6.08. The van der Waals surface area contributed by atoms with Crippen molar-refractivity contribution >= 4 is 23.2 Å². The van der Waals surface area contributed by atoms with Crippen LogP contribution >= 0.6 is 11.6 Å². The van der Waals surface area contributed by atoms with Gasteiger partial charge in [-0.15, -0.1) is 10.2 Å². The van der Waals surface area contributed by atoms with E-state index in [1.54, 1.807) is 0 Å². The van der Waals surface area contributed by atoms with E-state index >= 15 is 0 Å². The van der Waals surface area contributed by atoms with Crippen molar-refractivity contribution in [1.29, 1.82) is 0 Å². The van der Waals surface area contributed by atoms with E-state index in [2.05, 4.69) is 15.5 Å². The molecule has 5 nitrogen and oxygen atoms in total. The predicted molar refractivity (Wildman–Crippen MR) is 84.6 cm³/mol. The average molecular weight is 315 g/mol. The maximum Gasteiger partial charge on any atom is 0.220 e. The molecule has 3 rings (SSSR count). The molecule has 1 aromatic carbocycles. The standard InChI is InChI=1S/C16H15ClN4O/c17-13-6-2-1-5-12(13)8-9-16(22)18-11-15-20-19-14-7-3-4-10-21(14)15/h1-7,10H,8-9,11H2,(H,18,22). The molecule has 0 saturated carbocycles. The quantitative estimate of drug-likeness (QED) is 0.787. The number of benzene rings is 1. The van der Waals surface area contributed by atoms with E-state index in [1.807, 2.05) is 53.1 Å². The molecule has 2 heterocycles. The third-order valence-electron chi connectivity index (χ3n) is 3.41. The van der Waals surface area contributed by atoms with Crippen molar-refractivity contribution in [2.24, 2.45) is 0 Å². The molecule has 112 valence electrons. The van der Waals surface area contributed by atoms with Crippen molar-refractivity contribution in [1.82, 2.24) is 19.9 Å². The third-order valence-corrected chi connectivity index (χ3v) is 3.78. The van der Waals surface area contributed by atoms with Crippen LogP contribution in [0.4, 0.5) is 0 Å². The van der Waals surface area contributed by atoms with E-state index in [0.29, 0.717) is 30.2 Å². The van der Waals surface area contributed by atoms with E-state index in [1.165, 1.54) is 0 Å². The highest BCUT2D eigenvalue weighted by molar-refractivity contribution is 6.31. The first-order valence-corrected chi connectivity index (χ1v) is 7.40. The van der Waals surface area contributed by atoms with Crippen LogP contribution in [0.15, 0.2) is 48.7 Å². The highest BCUT2D eigenvalue weighted by atomic mass is 35.5. The van der Waals surface area contributed by atoms with Gasteiger partial charge >= 0.3 is 0 Å². The Morgan fingerprint density at radius 2 is 1.95 bits per heavy atom. The first kappa shape index (κ1) is 14.5. The molecule has 6 heteroatoms. The Labute approximate surface area is 132 Å². The largest absolute Gasteiger partial charge is 0.349 e. The number of amides is 1. The zero-order valence-corrected chi connectivity index (χ0v) is 12.6. The monoisotopic (exact) mass is 314 g/mol. The van der Waals surface area contributed by atoms with Crippen molar-refractivity contribution in [3.63, 3.8) is 0 Å². The second kappa shape index (κ2) is 6.58. The summed E-state index contributed by atoms with van der Waals surface area (Å²) in [6, 6.07) is 13.2. The van der Waals surface area contributed by atoms with Gasteiger partial charge in [-0.3, -0.25) is 9.20 Å². The van der Waals surface area contributed by atoms with E-state index < -0.39 is 0 Å². The van der Waals surface area contributed by atoms with Gasteiger partial charge in [0.25, 0.3) is 0 Å². The second-order valence-electron chi connectivity index (χ2n) is 4.91. The van der Waals surface area contributed by atoms with Gasteiger partial charge in [0.05, 0.1) is 6.54 Å². The number of aryl methyl sites for hydroxylation is 1. The Hall–Kier alpha value is -2.40.